The molecule has 24 heavy (non-hydrogen) atoms. The van der Waals surface area contributed by atoms with Gasteiger partial charge in [0.2, 0.25) is 0 Å². The molecule has 0 spiro atoms. The topological polar surface area (TPSA) is 104 Å². The van der Waals surface area contributed by atoms with Crippen LogP contribution in [0.3, 0.4) is 0 Å². The van der Waals surface area contributed by atoms with E-state index < -0.39 is 11.9 Å². The molecule has 6 heteroatoms. The summed E-state index contributed by atoms with van der Waals surface area (Å²) >= 11 is 0. The summed E-state index contributed by atoms with van der Waals surface area (Å²) in [5, 5.41) is 27.2. The Bertz CT molecular complexity index is 299. The minimum atomic E-state index is -0.927. The minimum Gasteiger partial charge on any atom is -0.550 e. The van der Waals surface area contributed by atoms with E-state index in [-0.39, 0.29) is 29.9 Å². The zero-order valence-electron chi connectivity index (χ0n) is 15.8. The summed E-state index contributed by atoms with van der Waals surface area (Å²) in [6.45, 7) is 9.98. The van der Waals surface area contributed by atoms with Gasteiger partial charge in [-0.3, -0.25) is 0 Å². The van der Waals surface area contributed by atoms with Gasteiger partial charge in [-0.2, -0.15) is 5.26 Å². The van der Waals surface area contributed by atoms with Crippen LogP contribution in [0.1, 0.15) is 86.0 Å². The van der Waals surface area contributed by atoms with Crippen LogP contribution in [0.15, 0.2) is 0 Å². The fourth-order valence-electron chi connectivity index (χ4n) is 1.64. The third kappa shape index (κ3) is 49.7. The van der Waals surface area contributed by atoms with E-state index in [1.54, 1.807) is 6.07 Å². The van der Waals surface area contributed by atoms with Gasteiger partial charge in [0, 0.05) is 18.9 Å². The monoisotopic (exact) mass is 382 g/mol. The molecule has 0 amide bonds. The molecule has 0 bridgehead atoms. The van der Waals surface area contributed by atoms with Crippen molar-refractivity contribution in [2.75, 3.05) is 0 Å². The number of nitriles is 1. The Morgan fingerprint density at radius 2 is 1.08 bits per heavy atom. The Labute approximate surface area is 158 Å². The van der Waals surface area contributed by atoms with Crippen LogP contribution >= 0.6 is 0 Å². The second-order valence-electron chi connectivity index (χ2n) is 6.25. The first-order valence-electron chi connectivity index (χ1n) is 8.37. The number of carboxylic acid groups (broad SMARTS) is 2. The maximum absolute atomic E-state index is 9.93. The van der Waals surface area contributed by atoms with Crippen LogP contribution in [0.5, 0.6) is 0 Å². The molecule has 0 unspecified atom stereocenters. The fraction of sp³-hybridized carbons (Fsp3) is 0.833. The molecule has 0 aliphatic heterocycles. The molecule has 0 aromatic rings. The van der Waals surface area contributed by atoms with Gasteiger partial charge in [0.15, 0.2) is 0 Å². The molecule has 5 nitrogen and oxygen atoms in total. The summed E-state index contributed by atoms with van der Waals surface area (Å²) in [4.78, 5) is 19.9. The Kier molecular flexibility index (Phi) is 31.1. The van der Waals surface area contributed by atoms with E-state index in [9.17, 15) is 19.8 Å². The number of carbonyl (C=O) groups excluding carboxylic acids is 2. The second-order valence-corrected chi connectivity index (χ2v) is 6.25. The van der Waals surface area contributed by atoms with Crippen molar-refractivity contribution < 1.29 is 36.9 Å². The zero-order valence-corrected chi connectivity index (χ0v) is 17.0. The van der Waals surface area contributed by atoms with Crippen LogP contribution in [-0.2, 0) is 26.7 Å². The molecule has 0 aromatic heterocycles. The third-order valence-corrected chi connectivity index (χ3v) is 2.82. The van der Waals surface area contributed by atoms with Gasteiger partial charge in [-0.25, -0.2) is 0 Å². The van der Waals surface area contributed by atoms with Crippen molar-refractivity contribution in [1.29, 1.82) is 5.26 Å². The van der Waals surface area contributed by atoms with Gasteiger partial charge < -0.3 is 19.8 Å². The quantitative estimate of drug-likeness (QED) is 0.426. The van der Waals surface area contributed by atoms with Gasteiger partial charge in [0.25, 0.3) is 0 Å². The SMILES string of the molecule is CC#N.CC(C)CCCCC(=O)[O-].CC(C)CCCCC(=O)[O-].[Mn+2]. The first kappa shape index (κ1) is 30.8. The molecular weight excluding hydrogens is 349 g/mol. The predicted octanol–water partition coefficient (Wildman–Crippen LogP) is 2.43. The second kappa shape index (κ2) is 24.2. The van der Waals surface area contributed by atoms with E-state index in [0.717, 1.165) is 38.5 Å². The first-order chi connectivity index (χ1) is 10.7. The van der Waals surface area contributed by atoms with Crippen LogP contribution < -0.4 is 10.2 Å². The molecule has 0 aliphatic carbocycles. The van der Waals surface area contributed by atoms with Crippen molar-refractivity contribution >= 4 is 11.9 Å². The van der Waals surface area contributed by atoms with E-state index in [2.05, 4.69) is 27.7 Å². The number of nitrogens with zero attached hydrogens (tertiary/aromatic N) is 1. The van der Waals surface area contributed by atoms with Crippen molar-refractivity contribution in [3.63, 3.8) is 0 Å². The van der Waals surface area contributed by atoms with Crippen molar-refractivity contribution in [2.24, 2.45) is 11.8 Å². The number of unbranched alkanes of at least 4 members (excludes halogenated alkanes) is 2. The van der Waals surface area contributed by atoms with Crippen molar-refractivity contribution in [2.45, 2.75) is 86.0 Å². The number of hydrogen-bond donors (Lipinski definition) is 0. The van der Waals surface area contributed by atoms with E-state index in [1.165, 1.54) is 6.92 Å². The van der Waals surface area contributed by atoms with Crippen LogP contribution in [0.25, 0.3) is 0 Å². The van der Waals surface area contributed by atoms with E-state index in [4.69, 9.17) is 5.26 Å². The summed E-state index contributed by atoms with van der Waals surface area (Å²) in [7, 11) is 0. The van der Waals surface area contributed by atoms with Gasteiger partial charge in [-0.1, -0.05) is 53.4 Å². The third-order valence-electron chi connectivity index (χ3n) is 2.82. The number of carboxylic acids is 2. The standard InChI is InChI=1S/2C8H16O2.C2H3N.Mn/c2*1-7(2)5-3-4-6-8(9)10;1-2-3;/h2*7H,3-6H2,1-2H3,(H,9,10);1H3;/q;;;+2/p-2. The summed E-state index contributed by atoms with van der Waals surface area (Å²) in [6.07, 6.45) is 6.21. The van der Waals surface area contributed by atoms with E-state index in [0.29, 0.717) is 11.8 Å². The Morgan fingerprint density at radius 3 is 1.25 bits per heavy atom. The van der Waals surface area contributed by atoms with Gasteiger partial charge in [-0.05, 0) is 37.5 Å². The van der Waals surface area contributed by atoms with Crippen LogP contribution in [-0.4, -0.2) is 11.9 Å². The van der Waals surface area contributed by atoms with Gasteiger partial charge in [-0.15, -0.1) is 0 Å². The Morgan fingerprint density at radius 1 is 0.833 bits per heavy atom. The molecule has 0 aromatic carbocycles. The minimum absolute atomic E-state index is 0. The average Bonchev–Trinajstić information content (AvgIpc) is 2.41. The smallest absolute Gasteiger partial charge is 0.550 e. The molecule has 0 fully saturated rings. The zero-order chi connectivity index (χ0) is 18.7. The van der Waals surface area contributed by atoms with E-state index >= 15 is 0 Å². The van der Waals surface area contributed by atoms with Crippen molar-refractivity contribution in [1.82, 2.24) is 0 Å². The molecule has 0 saturated carbocycles. The molecule has 0 heterocycles. The average molecular weight is 382 g/mol. The normalized spacial score (nSPS) is 8.92. The summed E-state index contributed by atoms with van der Waals surface area (Å²) in [5.74, 6) is -0.490. The van der Waals surface area contributed by atoms with Crippen LogP contribution in [0.4, 0.5) is 0 Å². The largest absolute Gasteiger partial charge is 2.00 e. The molecule has 0 rings (SSSR count). The summed E-state index contributed by atoms with van der Waals surface area (Å²) < 4.78 is 0. The van der Waals surface area contributed by atoms with Gasteiger partial charge in [0.1, 0.15) is 0 Å². The molecule has 0 atom stereocenters. The number of hydrogen-bond acceptors (Lipinski definition) is 5. The van der Waals surface area contributed by atoms with Crippen molar-refractivity contribution in [3.05, 3.63) is 0 Å². The Balaban J connectivity index is -0.000000138. The van der Waals surface area contributed by atoms with E-state index in [1.807, 2.05) is 0 Å². The summed E-state index contributed by atoms with van der Waals surface area (Å²) in [5.41, 5.74) is 0. The summed E-state index contributed by atoms with van der Waals surface area (Å²) in [6, 6.07) is 1.75. The molecule has 0 saturated heterocycles. The van der Waals surface area contributed by atoms with Crippen LogP contribution in [0.2, 0.25) is 0 Å². The number of rotatable bonds is 10. The maximum Gasteiger partial charge on any atom is 2.00 e. The fourth-order valence-corrected chi connectivity index (χ4v) is 1.64. The Hall–Kier alpha value is -1.05. The molecular formula is C18H33MnNO4. The van der Waals surface area contributed by atoms with Gasteiger partial charge >= 0.3 is 17.1 Å². The number of carbonyl (C=O) groups is 2. The number of aliphatic carboxylic acids is 2. The maximum atomic E-state index is 9.93. The van der Waals surface area contributed by atoms with Crippen molar-refractivity contribution in [3.8, 4) is 6.07 Å². The molecule has 0 N–H and O–H groups in total. The van der Waals surface area contributed by atoms with Crippen LogP contribution in [0, 0.1) is 23.2 Å². The predicted molar refractivity (Wildman–Crippen MR) is 87.9 cm³/mol. The first-order valence-corrected chi connectivity index (χ1v) is 8.37. The van der Waals surface area contributed by atoms with Gasteiger partial charge in [0.05, 0.1) is 6.07 Å². The molecule has 1 radical (unpaired) electrons. The molecule has 141 valence electrons. The molecule has 0 aliphatic rings.